The number of anilines is 2. The average molecular weight is 477 g/mol. The first kappa shape index (κ1) is 23.2. The largest absolute Gasteiger partial charge is 0.296 e. The zero-order valence-electron chi connectivity index (χ0n) is 17.7. The summed E-state index contributed by atoms with van der Waals surface area (Å²) in [6, 6.07) is 10.0. The van der Waals surface area contributed by atoms with Crippen molar-refractivity contribution in [2.75, 3.05) is 15.8 Å². The second-order valence-corrected chi connectivity index (χ2v) is 11.0. The maximum atomic E-state index is 13.1. The van der Waals surface area contributed by atoms with Crippen LogP contribution in [0.15, 0.2) is 45.6 Å². The van der Waals surface area contributed by atoms with Gasteiger partial charge in [0.2, 0.25) is 5.13 Å². The average Bonchev–Trinajstić information content (AvgIpc) is 3.17. The quantitative estimate of drug-likeness (QED) is 0.350. The molecule has 1 aromatic heterocycles. The molecule has 2 N–H and O–H groups in total. The van der Waals surface area contributed by atoms with Crippen molar-refractivity contribution in [2.24, 2.45) is 0 Å². The Morgan fingerprint density at radius 2 is 1.87 bits per heavy atom. The third-order valence-corrected chi connectivity index (χ3v) is 8.33. The Labute approximate surface area is 190 Å². The molecule has 1 heterocycles. The van der Waals surface area contributed by atoms with Gasteiger partial charge in [-0.25, -0.2) is 8.42 Å². The van der Waals surface area contributed by atoms with Crippen LogP contribution in [0.25, 0.3) is 0 Å². The lowest BCUT2D eigenvalue weighted by molar-refractivity contribution is 0.102. The second kappa shape index (κ2) is 9.80. The lowest BCUT2D eigenvalue weighted by Crippen LogP contribution is -2.17. The lowest BCUT2D eigenvalue weighted by Gasteiger charge is -2.14. The molecule has 0 atom stereocenters. The molecule has 164 valence electrons. The summed E-state index contributed by atoms with van der Waals surface area (Å²) in [6.07, 6.45) is 1.02. The van der Waals surface area contributed by atoms with E-state index in [-0.39, 0.29) is 10.5 Å². The van der Waals surface area contributed by atoms with Crippen molar-refractivity contribution in [1.82, 2.24) is 10.2 Å². The van der Waals surface area contributed by atoms with Crippen LogP contribution in [0, 0.1) is 20.8 Å². The fourth-order valence-corrected chi connectivity index (χ4v) is 5.84. The number of sulfonamides is 1. The van der Waals surface area contributed by atoms with Crippen LogP contribution in [0.3, 0.4) is 0 Å². The van der Waals surface area contributed by atoms with E-state index in [0.29, 0.717) is 16.4 Å². The van der Waals surface area contributed by atoms with Gasteiger partial charge in [0.15, 0.2) is 4.34 Å². The highest BCUT2D eigenvalue weighted by Gasteiger charge is 2.21. The summed E-state index contributed by atoms with van der Waals surface area (Å²) in [5.74, 6) is 0.487. The molecule has 0 saturated heterocycles. The normalized spacial score (nSPS) is 11.4. The van der Waals surface area contributed by atoms with Crippen LogP contribution in [0.1, 0.15) is 40.4 Å². The monoisotopic (exact) mass is 476 g/mol. The molecule has 0 aliphatic carbocycles. The molecular weight excluding hydrogens is 452 g/mol. The zero-order chi connectivity index (χ0) is 22.6. The summed E-state index contributed by atoms with van der Waals surface area (Å²) >= 11 is 2.87. The minimum atomic E-state index is -3.88. The summed E-state index contributed by atoms with van der Waals surface area (Å²) in [5.41, 5.74) is 3.12. The lowest BCUT2D eigenvalue weighted by atomic mass is 10.1. The third kappa shape index (κ3) is 5.63. The molecule has 0 radical (unpaired) electrons. The molecular formula is C21H24N4O3S3. The Morgan fingerprint density at radius 1 is 1.10 bits per heavy atom. The molecule has 2 aromatic carbocycles. The van der Waals surface area contributed by atoms with E-state index in [2.05, 4.69) is 27.2 Å². The van der Waals surface area contributed by atoms with Gasteiger partial charge in [-0.2, -0.15) is 0 Å². The first-order chi connectivity index (χ1) is 14.7. The van der Waals surface area contributed by atoms with Gasteiger partial charge in [0.25, 0.3) is 15.9 Å². The maximum absolute atomic E-state index is 13.1. The SMILES string of the molecule is CCCSc1nnc(NC(=O)c2ccc(C)c(S(=O)(=O)Nc3cccc(C)c3C)c2)s1. The highest BCUT2D eigenvalue weighted by Crippen LogP contribution is 2.27. The van der Waals surface area contributed by atoms with Crippen LogP contribution in [0.5, 0.6) is 0 Å². The molecule has 1 amide bonds. The number of nitrogens with zero attached hydrogens (tertiary/aromatic N) is 2. The van der Waals surface area contributed by atoms with E-state index in [0.717, 1.165) is 27.6 Å². The Hall–Kier alpha value is -2.43. The molecule has 10 heteroatoms. The van der Waals surface area contributed by atoms with E-state index in [9.17, 15) is 13.2 Å². The summed E-state index contributed by atoms with van der Waals surface area (Å²) < 4.78 is 29.5. The number of aromatic nitrogens is 2. The summed E-state index contributed by atoms with van der Waals surface area (Å²) in [6.45, 7) is 7.55. The van der Waals surface area contributed by atoms with Crippen LogP contribution in [-0.4, -0.2) is 30.3 Å². The van der Waals surface area contributed by atoms with Crippen molar-refractivity contribution < 1.29 is 13.2 Å². The fourth-order valence-electron chi connectivity index (χ4n) is 2.77. The number of thioether (sulfide) groups is 1. The zero-order valence-corrected chi connectivity index (χ0v) is 20.2. The van der Waals surface area contributed by atoms with Gasteiger partial charge in [-0.15, -0.1) is 10.2 Å². The Balaban J connectivity index is 1.82. The van der Waals surface area contributed by atoms with Crippen molar-refractivity contribution in [3.8, 4) is 0 Å². The number of nitrogens with one attached hydrogen (secondary N) is 2. The number of carbonyl (C=O) groups is 1. The topological polar surface area (TPSA) is 101 Å². The Bertz CT molecular complexity index is 1210. The van der Waals surface area contributed by atoms with Gasteiger partial charge in [0, 0.05) is 11.3 Å². The van der Waals surface area contributed by atoms with E-state index in [1.54, 1.807) is 43.0 Å². The minimum Gasteiger partial charge on any atom is -0.296 e. The number of hydrogen-bond donors (Lipinski definition) is 2. The summed E-state index contributed by atoms with van der Waals surface area (Å²) in [4.78, 5) is 12.7. The van der Waals surface area contributed by atoms with E-state index in [1.165, 1.54) is 17.4 Å². The maximum Gasteiger partial charge on any atom is 0.262 e. The minimum absolute atomic E-state index is 0.0533. The number of hydrogen-bond acceptors (Lipinski definition) is 7. The number of carbonyl (C=O) groups excluding carboxylic acids is 1. The standard InChI is InChI=1S/C21H24N4O3S3/c1-5-11-29-21-24-23-20(30-21)22-19(26)16-10-9-14(3)18(12-16)31(27,28)25-17-8-6-7-13(2)15(17)4/h6-10,12,25H,5,11H2,1-4H3,(H,22,23,26). The molecule has 0 bridgehead atoms. The molecule has 31 heavy (non-hydrogen) atoms. The van der Waals surface area contributed by atoms with Crippen molar-refractivity contribution in [2.45, 2.75) is 43.4 Å². The number of amides is 1. The smallest absolute Gasteiger partial charge is 0.262 e. The van der Waals surface area contributed by atoms with E-state index < -0.39 is 15.9 Å². The number of rotatable bonds is 8. The van der Waals surface area contributed by atoms with Crippen molar-refractivity contribution in [1.29, 1.82) is 0 Å². The molecule has 3 aromatic rings. The second-order valence-electron chi connectivity index (χ2n) is 7.01. The van der Waals surface area contributed by atoms with E-state index in [1.807, 2.05) is 19.9 Å². The Morgan fingerprint density at radius 3 is 2.61 bits per heavy atom. The fraction of sp³-hybridized carbons (Fsp3) is 0.286. The molecule has 0 unspecified atom stereocenters. The van der Waals surface area contributed by atoms with Gasteiger partial charge in [0.05, 0.1) is 10.6 Å². The third-order valence-electron chi connectivity index (χ3n) is 4.65. The number of aryl methyl sites for hydroxylation is 2. The van der Waals surface area contributed by atoms with Crippen LogP contribution >= 0.6 is 23.1 Å². The van der Waals surface area contributed by atoms with E-state index >= 15 is 0 Å². The van der Waals surface area contributed by atoms with Gasteiger partial charge in [-0.3, -0.25) is 14.8 Å². The molecule has 0 aliphatic heterocycles. The number of benzene rings is 2. The van der Waals surface area contributed by atoms with Crippen LogP contribution in [0.4, 0.5) is 10.8 Å². The first-order valence-corrected chi connectivity index (χ1v) is 13.0. The van der Waals surface area contributed by atoms with Crippen LogP contribution < -0.4 is 10.0 Å². The van der Waals surface area contributed by atoms with Crippen LogP contribution in [0.2, 0.25) is 0 Å². The molecule has 0 saturated carbocycles. The summed E-state index contributed by atoms with van der Waals surface area (Å²) in [5, 5.41) is 11.1. The Kier molecular flexibility index (Phi) is 7.34. The van der Waals surface area contributed by atoms with Gasteiger partial charge in [-0.1, -0.05) is 48.2 Å². The predicted molar refractivity (Wildman–Crippen MR) is 127 cm³/mol. The van der Waals surface area contributed by atoms with Gasteiger partial charge >= 0.3 is 0 Å². The van der Waals surface area contributed by atoms with Gasteiger partial charge in [-0.05, 0) is 62.1 Å². The van der Waals surface area contributed by atoms with Crippen molar-refractivity contribution in [3.63, 3.8) is 0 Å². The highest BCUT2D eigenvalue weighted by atomic mass is 32.2. The van der Waals surface area contributed by atoms with Crippen LogP contribution in [-0.2, 0) is 10.0 Å². The van der Waals surface area contributed by atoms with Crippen molar-refractivity contribution >= 4 is 49.8 Å². The molecule has 0 spiro atoms. The van der Waals surface area contributed by atoms with E-state index in [4.69, 9.17) is 0 Å². The van der Waals surface area contributed by atoms with Gasteiger partial charge in [0.1, 0.15) is 0 Å². The molecule has 3 rings (SSSR count). The predicted octanol–water partition coefficient (Wildman–Crippen LogP) is 5.02. The van der Waals surface area contributed by atoms with Gasteiger partial charge < -0.3 is 0 Å². The first-order valence-electron chi connectivity index (χ1n) is 9.68. The molecule has 7 nitrogen and oxygen atoms in total. The molecule has 0 fully saturated rings. The highest BCUT2D eigenvalue weighted by molar-refractivity contribution is 8.01. The summed E-state index contributed by atoms with van der Waals surface area (Å²) in [7, 11) is -3.88. The van der Waals surface area contributed by atoms with Crippen molar-refractivity contribution in [3.05, 3.63) is 58.7 Å². The molecule has 0 aliphatic rings.